The molecule has 0 radical (unpaired) electrons. The molecule has 0 amide bonds. The average Bonchev–Trinajstić information content (AvgIpc) is 2.89. The van der Waals surface area contributed by atoms with Gasteiger partial charge in [0.05, 0.1) is 11.6 Å². The molecule has 0 aliphatic heterocycles. The Morgan fingerprint density at radius 2 is 2.10 bits per heavy atom. The summed E-state index contributed by atoms with van der Waals surface area (Å²) in [4.78, 5) is 8.62. The van der Waals surface area contributed by atoms with Crippen LogP contribution in [0.1, 0.15) is 38.5 Å². The molecule has 1 aliphatic carbocycles. The zero-order chi connectivity index (χ0) is 14.7. The van der Waals surface area contributed by atoms with E-state index in [1.54, 1.807) is 17.2 Å². The van der Waals surface area contributed by atoms with Gasteiger partial charge in [0.2, 0.25) is 0 Å². The van der Waals surface area contributed by atoms with Gasteiger partial charge >= 0.3 is 0 Å². The molecular formula is C15H23N5O. The first kappa shape index (κ1) is 14.3. The highest BCUT2D eigenvalue weighted by Crippen LogP contribution is 2.39. The highest BCUT2D eigenvalue weighted by molar-refractivity contribution is 5.85. The summed E-state index contributed by atoms with van der Waals surface area (Å²) in [5, 5.41) is 18.1. The molecule has 2 aromatic rings. The SMILES string of the molecule is Cn1ncc2c(NCC3(CCO)CCCCC3)ncnc21. The molecule has 3 rings (SSSR count). The Morgan fingerprint density at radius 3 is 2.86 bits per heavy atom. The van der Waals surface area contributed by atoms with Gasteiger partial charge in [-0.25, -0.2) is 9.97 Å². The van der Waals surface area contributed by atoms with Crippen LogP contribution in [0.25, 0.3) is 11.0 Å². The Morgan fingerprint density at radius 1 is 1.29 bits per heavy atom. The van der Waals surface area contributed by atoms with Crippen LogP contribution in [0.5, 0.6) is 0 Å². The van der Waals surface area contributed by atoms with Gasteiger partial charge < -0.3 is 10.4 Å². The summed E-state index contributed by atoms with van der Waals surface area (Å²) in [5.41, 5.74) is 1.04. The molecule has 0 atom stereocenters. The van der Waals surface area contributed by atoms with Gasteiger partial charge in [0, 0.05) is 20.2 Å². The molecule has 0 aromatic carbocycles. The first-order valence-electron chi connectivity index (χ1n) is 7.72. The summed E-state index contributed by atoms with van der Waals surface area (Å²) in [6.45, 7) is 1.11. The van der Waals surface area contributed by atoms with Gasteiger partial charge in [-0.05, 0) is 24.7 Å². The van der Waals surface area contributed by atoms with Crippen molar-refractivity contribution in [2.45, 2.75) is 38.5 Å². The van der Waals surface area contributed by atoms with E-state index in [1.165, 1.54) is 32.1 Å². The largest absolute Gasteiger partial charge is 0.396 e. The van der Waals surface area contributed by atoms with Crippen molar-refractivity contribution in [3.8, 4) is 0 Å². The van der Waals surface area contributed by atoms with E-state index in [4.69, 9.17) is 0 Å². The Labute approximate surface area is 124 Å². The van der Waals surface area contributed by atoms with E-state index in [2.05, 4.69) is 20.4 Å². The number of aromatic nitrogens is 4. The minimum absolute atomic E-state index is 0.201. The molecule has 0 bridgehead atoms. The first-order valence-corrected chi connectivity index (χ1v) is 7.72. The third kappa shape index (κ3) is 2.85. The maximum atomic E-state index is 9.39. The van der Waals surface area contributed by atoms with Crippen molar-refractivity contribution < 1.29 is 5.11 Å². The van der Waals surface area contributed by atoms with Crippen LogP contribution < -0.4 is 5.32 Å². The highest BCUT2D eigenvalue weighted by atomic mass is 16.3. The second kappa shape index (κ2) is 5.97. The van der Waals surface area contributed by atoms with E-state index in [0.717, 1.165) is 29.8 Å². The molecule has 6 nitrogen and oxygen atoms in total. The van der Waals surface area contributed by atoms with Crippen LogP contribution in [0.3, 0.4) is 0 Å². The Hall–Kier alpha value is -1.69. The molecular weight excluding hydrogens is 266 g/mol. The predicted molar refractivity (Wildman–Crippen MR) is 82.0 cm³/mol. The second-order valence-electron chi connectivity index (χ2n) is 6.12. The van der Waals surface area contributed by atoms with Gasteiger partial charge in [0.25, 0.3) is 0 Å². The normalized spacial score (nSPS) is 18.0. The molecule has 2 N–H and O–H groups in total. The van der Waals surface area contributed by atoms with Crippen LogP contribution in [-0.4, -0.2) is 38.0 Å². The van der Waals surface area contributed by atoms with Crippen LogP contribution in [0, 0.1) is 5.41 Å². The molecule has 0 saturated heterocycles. The number of anilines is 1. The molecule has 1 saturated carbocycles. The Balaban J connectivity index is 1.78. The lowest BCUT2D eigenvalue weighted by atomic mass is 9.72. The topological polar surface area (TPSA) is 75.9 Å². The van der Waals surface area contributed by atoms with E-state index in [9.17, 15) is 5.11 Å². The Kier molecular flexibility index (Phi) is 4.05. The van der Waals surface area contributed by atoms with E-state index in [1.807, 2.05) is 7.05 Å². The molecule has 21 heavy (non-hydrogen) atoms. The lowest BCUT2D eigenvalue weighted by Crippen LogP contribution is -2.33. The molecule has 6 heteroatoms. The summed E-state index contributed by atoms with van der Waals surface area (Å²) >= 11 is 0. The van der Waals surface area contributed by atoms with E-state index in [0.29, 0.717) is 0 Å². The van der Waals surface area contributed by atoms with Gasteiger partial charge in [-0.3, -0.25) is 4.68 Å². The lowest BCUT2D eigenvalue weighted by molar-refractivity contribution is 0.141. The van der Waals surface area contributed by atoms with Gasteiger partial charge in [0.15, 0.2) is 5.65 Å². The second-order valence-corrected chi connectivity index (χ2v) is 6.12. The quantitative estimate of drug-likeness (QED) is 0.881. The van der Waals surface area contributed by atoms with E-state index < -0.39 is 0 Å². The monoisotopic (exact) mass is 289 g/mol. The number of hydrogen-bond acceptors (Lipinski definition) is 5. The molecule has 2 aromatic heterocycles. The van der Waals surface area contributed by atoms with Crippen LogP contribution in [-0.2, 0) is 7.05 Å². The predicted octanol–water partition coefficient (Wildman–Crippen LogP) is 2.11. The molecule has 2 heterocycles. The average molecular weight is 289 g/mol. The van der Waals surface area contributed by atoms with Gasteiger partial charge in [-0.2, -0.15) is 5.10 Å². The van der Waals surface area contributed by atoms with Gasteiger partial charge in [-0.15, -0.1) is 0 Å². The van der Waals surface area contributed by atoms with Crippen molar-refractivity contribution in [3.05, 3.63) is 12.5 Å². The number of nitrogens with one attached hydrogen (secondary N) is 1. The lowest BCUT2D eigenvalue weighted by Gasteiger charge is -2.37. The molecule has 1 fully saturated rings. The summed E-state index contributed by atoms with van der Waals surface area (Å²) in [6, 6.07) is 0. The van der Waals surface area contributed by atoms with Crippen molar-refractivity contribution in [3.63, 3.8) is 0 Å². The smallest absolute Gasteiger partial charge is 0.163 e. The maximum absolute atomic E-state index is 9.39. The summed E-state index contributed by atoms with van der Waals surface area (Å²) in [7, 11) is 1.88. The standard InChI is InChI=1S/C15H23N5O/c1-20-14-12(9-19-20)13(17-11-18-14)16-10-15(7-8-21)5-3-2-4-6-15/h9,11,21H,2-8,10H2,1H3,(H,16,17,18). The number of aryl methyl sites for hydroxylation is 1. The minimum Gasteiger partial charge on any atom is -0.396 e. The van der Waals surface area contributed by atoms with Crippen LogP contribution in [0.15, 0.2) is 12.5 Å². The first-order chi connectivity index (χ1) is 10.2. The number of fused-ring (bicyclic) bond motifs is 1. The molecule has 1 aliphatic rings. The molecule has 0 spiro atoms. The molecule has 0 unspecified atom stereocenters. The third-order valence-corrected chi connectivity index (χ3v) is 4.72. The van der Waals surface area contributed by atoms with Crippen LogP contribution >= 0.6 is 0 Å². The number of aliphatic hydroxyl groups is 1. The third-order valence-electron chi connectivity index (χ3n) is 4.72. The highest BCUT2D eigenvalue weighted by Gasteiger charge is 2.31. The summed E-state index contributed by atoms with van der Waals surface area (Å²) in [5.74, 6) is 0.844. The van der Waals surface area contributed by atoms with Crippen molar-refractivity contribution in [1.82, 2.24) is 19.7 Å². The van der Waals surface area contributed by atoms with Crippen molar-refractivity contribution in [1.29, 1.82) is 0 Å². The summed E-state index contributed by atoms with van der Waals surface area (Å²) in [6.07, 6.45) is 10.4. The number of hydrogen-bond donors (Lipinski definition) is 2. The number of aliphatic hydroxyl groups excluding tert-OH is 1. The van der Waals surface area contributed by atoms with Gasteiger partial charge in [-0.1, -0.05) is 19.3 Å². The minimum atomic E-state index is 0.201. The van der Waals surface area contributed by atoms with E-state index >= 15 is 0 Å². The maximum Gasteiger partial charge on any atom is 0.163 e. The zero-order valence-corrected chi connectivity index (χ0v) is 12.5. The number of nitrogens with zero attached hydrogens (tertiary/aromatic N) is 4. The van der Waals surface area contributed by atoms with Crippen LogP contribution in [0.2, 0.25) is 0 Å². The van der Waals surface area contributed by atoms with Gasteiger partial charge in [0.1, 0.15) is 12.1 Å². The fourth-order valence-electron chi connectivity index (χ4n) is 3.43. The fraction of sp³-hybridized carbons (Fsp3) is 0.667. The van der Waals surface area contributed by atoms with Crippen molar-refractivity contribution in [2.75, 3.05) is 18.5 Å². The van der Waals surface area contributed by atoms with Crippen LogP contribution in [0.4, 0.5) is 5.82 Å². The fourth-order valence-corrected chi connectivity index (χ4v) is 3.43. The zero-order valence-electron chi connectivity index (χ0n) is 12.5. The number of rotatable bonds is 5. The van der Waals surface area contributed by atoms with Crippen molar-refractivity contribution in [2.24, 2.45) is 12.5 Å². The Bertz CT molecular complexity index is 598. The van der Waals surface area contributed by atoms with Crippen molar-refractivity contribution >= 4 is 16.9 Å². The van der Waals surface area contributed by atoms with E-state index in [-0.39, 0.29) is 12.0 Å². The summed E-state index contributed by atoms with van der Waals surface area (Å²) < 4.78 is 1.76. The molecule has 114 valence electrons.